The first-order valence-electron chi connectivity index (χ1n) is 8.23. The molecule has 4 nitrogen and oxygen atoms in total. The largest absolute Gasteiger partial charge is 0.382 e. The number of hydrogen-bond acceptors (Lipinski definition) is 3. The molecule has 0 amide bonds. The van der Waals surface area contributed by atoms with Crippen molar-refractivity contribution in [3.8, 4) is 11.1 Å². The van der Waals surface area contributed by atoms with E-state index in [2.05, 4.69) is 41.2 Å². The zero-order valence-electron chi connectivity index (χ0n) is 14.2. The highest BCUT2D eigenvalue weighted by Crippen LogP contribution is 2.31. The predicted molar refractivity (Wildman–Crippen MR) is 99.2 cm³/mol. The van der Waals surface area contributed by atoms with Crippen molar-refractivity contribution in [1.82, 2.24) is 14.5 Å². The number of aliphatic hydroxyl groups is 1. The summed E-state index contributed by atoms with van der Waals surface area (Å²) in [5.41, 5.74) is 6.00. The lowest BCUT2D eigenvalue weighted by molar-refractivity contribution is 0.211. The molecule has 0 aliphatic carbocycles. The van der Waals surface area contributed by atoms with Crippen LogP contribution in [0.4, 0.5) is 0 Å². The van der Waals surface area contributed by atoms with E-state index in [1.807, 2.05) is 42.1 Å². The van der Waals surface area contributed by atoms with Gasteiger partial charge in [0.05, 0.1) is 23.7 Å². The summed E-state index contributed by atoms with van der Waals surface area (Å²) in [7, 11) is 1.88. The molecule has 0 fully saturated rings. The fourth-order valence-electron chi connectivity index (χ4n) is 3.20. The van der Waals surface area contributed by atoms with Crippen LogP contribution in [0.1, 0.15) is 22.9 Å². The number of rotatable bonds is 3. The van der Waals surface area contributed by atoms with Gasteiger partial charge in [-0.25, -0.2) is 4.98 Å². The first kappa shape index (κ1) is 15.5. The maximum absolute atomic E-state index is 10.7. The van der Waals surface area contributed by atoms with Gasteiger partial charge in [-0.2, -0.15) is 0 Å². The van der Waals surface area contributed by atoms with Gasteiger partial charge in [0.2, 0.25) is 0 Å². The van der Waals surface area contributed by atoms with E-state index < -0.39 is 6.10 Å². The highest BCUT2D eigenvalue weighted by atomic mass is 16.3. The monoisotopic (exact) mass is 329 g/mol. The second-order valence-corrected chi connectivity index (χ2v) is 6.34. The third kappa shape index (κ3) is 2.81. The molecule has 4 aromatic rings. The smallest absolute Gasteiger partial charge is 0.121 e. The molecule has 124 valence electrons. The number of aryl methyl sites for hydroxylation is 2. The molecule has 0 bridgehead atoms. The third-order valence-corrected chi connectivity index (χ3v) is 4.54. The van der Waals surface area contributed by atoms with Crippen molar-refractivity contribution in [3.63, 3.8) is 0 Å². The summed E-state index contributed by atoms with van der Waals surface area (Å²) < 4.78 is 1.83. The average Bonchev–Trinajstić information content (AvgIpc) is 3.06. The number of nitrogens with zero attached hydrogens (tertiary/aromatic N) is 3. The zero-order valence-corrected chi connectivity index (χ0v) is 14.2. The van der Waals surface area contributed by atoms with Crippen molar-refractivity contribution in [1.29, 1.82) is 0 Å². The number of hydrogen-bond donors (Lipinski definition) is 1. The van der Waals surface area contributed by atoms with Gasteiger partial charge in [0.25, 0.3) is 0 Å². The van der Waals surface area contributed by atoms with Crippen molar-refractivity contribution in [2.45, 2.75) is 13.0 Å². The standard InChI is InChI=1S/C21H19N3O/c1-14-4-3-5-15(10-14)17-8-9-23-19-7-6-16(11-18(17)19)21(25)20-12-22-13-24(20)2/h3-13,21,25H,1-2H3. The highest BCUT2D eigenvalue weighted by molar-refractivity contribution is 5.94. The molecule has 4 rings (SSSR count). The van der Waals surface area contributed by atoms with Crippen LogP contribution in [0.2, 0.25) is 0 Å². The number of imidazole rings is 1. The summed E-state index contributed by atoms with van der Waals surface area (Å²) in [5.74, 6) is 0. The van der Waals surface area contributed by atoms with Gasteiger partial charge in [0.15, 0.2) is 0 Å². The van der Waals surface area contributed by atoms with E-state index in [4.69, 9.17) is 0 Å². The minimum absolute atomic E-state index is 0.720. The van der Waals surface area contributed by atoms with Crippen LogP contribution in [0.25, 0.3) is 22.0 Å². The molecule has 0 aliphatic rings. The maximum atomic E-state index is 10.7. The minimum atomic E-state index is -0.720. The second kappa shape index (κ2) is 6.15. The Bertz CT molecular complexity index is 1050. The fraction of sp³-hybridized carbons (Fsp3) is 0.143. The van der Waals surface area contributed by atoms with Gasteiger partial charge >= 0.3 is 0 Å². The van der Waals surface area contributed by atoms with Crippen molar-refractivity contribution < 1.29 is 5.11 Å². The fourth-order valence-corrected chi connectivity index (χ4v) is 3.20. The van der Waals surface area contributed by atoms with E-state index in [-0.39, 0.29) is 0 Å². The van der Waals surface area contributed by atoms with Gasteiger partial charge in [-0.15, -0.1) is 0 Å². The molecule has 1 unspecified atom stereocenters. The van der Waals surface area contributed by atoms with E-state index in [1.165, 1.54) is 5.56 Å². The molecule has 2 aromatic heterocycles. The molecular weight excluding hydrogens is 310 g/mol. The average molecular weight is 329 g/mol. The summed E-state index contributed by atoms with van der Waals surface area (Å²) >= 11 is 0. The van der Waals surface area contributed by atoms with Gasteiger partial charge in [0.1, 0.15) is 6.10 Å². The summed E-state index contributed by atoms with van der Waals surface area (Å²) in [6.07, 6.45) is 4.50. The van der Waals surface area contributed by atoms with Gasteiger partial charge in [-0.1, -0.05) is 35.9 Å². The Hall–Kier alpha value is -2.98. The quantitative estimate of drug-likeness (QED) is 0.617. The van der Waals surface area contributed by atoms with E-state index in [0.717, 1.165) is 33.3 Å². The van der Waals surface area contributed by atoms with E-state index in [0.29, 0.717) is 0 Å². The Labute approximate surface area is 146 Å². The van der Waals surface area contributed by atoms with Crippen molar-refractivity contribution in [2.24, 2.45) is 7.05 Å². The van der Waals surface area contributed by atoms with Crippen LogP contribution in [0, 0.1) is 6.92 Å². The number of aromatic nitrogens is 3. The summed E-state index contributed by atoms with van der Waals surface area (Å²) in [5, 5.41) is 11.8. The zero-order chi connectivity index (χ0) is 17.4. The molecule has 0 spiro atoms. The van der Waals surface area contributed by atoms with Crippen LogP contribution in [0.5, 0.6) is 0 Å². The topological polar surface area (TPSA) is 50.9 Å². The van der Waals surface area contributed by atoms with Crippen LogP contribution in [0.15, 0.2) is 67.3 Å². The van der Waals surface area contributed by atoms with Crippen LogP contribution >= 0.6 is 0 Å². The van der Waals surface area contributed by atoms with E-state index in [9.17, 15) is 5.11 Å². The maximum Gasteiger partial charge on any atom is 0.121 e. The Morgan fingerprint density at radius 3 is 2.72 bits per heavy atom. The van der Waals surface area contributed by atoms with Crippen molar-refractivity contribution >= 4 is 10.9 Å². The molecule has 25 heavy (non-hydrogen) atoms. The molecule has 0 saturated carbocycles. The molecule has 1 atom stereocenters. The summed E-state index contributed by atoms with van der Waals surface area (Å²) in [4.78, 5) is 8.57. The van der Waals surface area contributed by atoms with Gasteiger partial charge < -0.3 is 9.67 Å². The summed E-state index contributed by atoms with van der Waals surface area (Å²) in [6.45, 7) is 2.09. The second-order valence-electron chi connectivity index (χ2n) is 6.34. The van der Waals surface area contributed by atoms with Gasteiger partial charge in [-0.3, -0.25) is 4.98 Å². The number of aliphatic hydroxyl groups excluding tert-OH is 1. The molecule has 1 N–H and O–H groups in total. The normalized spacial score (nSPS) is 12.4. The lowest BCUT2D eigenvalue weighted by Gasteiger charge is -2.14. The Kier molecular flexibility index (Phi) is 3.82. The number of fused-ring (bicyclic) bond motifs is 1. The lowest BCUT2D eigenvalue weighted by atomic mass is 9.97. The molecule has 2 aromatic carbocycles. The SMILES string of the molecule is Cc1cccc(-c2ccnc3ccc(C(O)c4cncn4C)cc23)c1. The molecule has 0 saturated heterocycles. The first-order chi connectivity index (χ1) is 12.1. The van der Waals surface area contributed by atoms with Crippen LogP contribution in [-0.2, 0) is 7.05 Å². The van der Waals surface area contributed by atoms with Crippen LogP contribution in [0.3, 0.4) is 0 Å². The van der Waals surface area contributed by atoms with Gasteiger partial charge in [-0.05, 0) is 41.8 Å². The molecule has 4 heteroatoms. The number of pyridine rings is 1. The van der Waals surface area contributed by atoms with Gasteiger partial charge in [0, 0.05) is 18.6 Å². The third-order valence-electron chi connectivity index (χ3n) is 4.54. The van der Waals surface area contributed by atoms with Crippen LogP contribution in [-0.4, -0.2) is 19.6 Å². The van der Waals surface area contributed by atoms with Crippen molar-refractivity contribution in [3.05, 3.63) is 84.1 Å². The molecular formula is C21H19N3O. The minimum Gasteiger partial charge on any atom is -0.382 e. The first-order valence-corrected chi connectivity index (χ1v) is 8.23. The summed E-state index contributed by atoms with van der Waals surface area (Å²) in [6, 6.07) is 16.4. The van der Waals surface area contributed by atoms with E-state index in [1.54, 1.807) is 12.5 Å². The van der Waals surface area contributed by atoms with Crippen LogP contribution < -0.4 is 0 Å². The Morgan fingerprint density at radius 2 is 1.96 bits per heavy atom. The Morgan fingerprint density at radius 1 is 1.08 bits per heavy atom. The molecule has 0 radical (unpaired) electrons. The number of benzene rings is 2. The molecule has 0 aliphatic heterocycles. The highest BCUT2D eigenvalue weighted by Gasteiger charge is 2.15. The van der Waals surface area contributed by atoms with Crippen molar-refractivity contribution in [2.75, 3.05) is 0 Å². The molecule has 2 heterocycles. The lowest BCUT2D eigenvalue weighted by Crippen LogP contribution is -2.05. The predicted octanol–water partition coefficient (Wildman–Crippen LogP) is 4.03. The van der Waals surface area contributed by atoms with E-state index >= 15 is 0 Å². The Balaban J connectivity index is 1.87.